The molecule has 2 rings (SSSR count). The fraction of sp³-hybridized carbons (Fsp3) is 0.111. The number of hydrogen-bond acceptors (Lipinski definition) is 1. The summed E-state index contributed by atoms with van der Waals surface area (Å²) < 4.78 is 0. The number of aromatic hydroxyl groups is 1. The molecule has 1 aromatic carbocycles. The molecule has 0 amide bonds. The van der Waals surface area contributed by atoms with E-state index >= 15 is 0 Å². The molecule has 0 unspecified atom stereocenters. The van der Waals surface area contributed by atoms with Gasteiger partial charge < -0.3 is 5.11 Å². The Morgan fingerprint density at radius 3 is 2.10 bits per heavy atom. The highest BCUT2D eigenvalue weighted by molar-refractivity contribution is 5.39. The van der Waals surface area contributed by atoms with Crippen LogP contribution in [0.15, 0.2) is 36.4 Å². The summed E-state index contributed by atoms with van der Waals surface area (Å²) in [7, 11) is 0. The van der Waals surface area contributed by atoms with Gasteiger partial charge in [0, 0.05) is 5.92 Å². The summed E-state index contributed by atoms with van der Waals surface area (Å²) in [5.74, 6) is 0.880. The Labute approximate surface area is 59.6 Å². The van der Waals surface area contributed by atoms with Crippen LogP contribution >= 0.6 is 0 Å². The predicted octanol–water partition coefficient (Wildman–Crippen LogP) is 2.05. The van der Waals surface area contributed by atoms with Gasteiger partial charge in [0.1, 0.15) is 5.75 Å². The summed E-state index contributed by atoms with van der Waals surface area (Å²) in [4.78, 5) is 0. The zero-order valence-corrected chi connectivity index (χ0v) is 5.49. The van der Waals surface area contributed by atoms with Crippen LogP contribution in [0.2, 0.25) is 0 Å². The quantitative estimate of drug-likeness (QED) is 0.580. The molecule has 50 valence electrons. The van der Waals surface area contributed by atoms with Crippen LogP contribution < -0.4 is 0 Å². The summed E-state index contributed by atoms with van der Waals surface area (Å²) in [6.45, 7) is 0. The van der Waals surface area contributed by atoms with Crippen molar-refractivity contribution >= 4 is 0 Å². The Balaban J connectivity index is 2.28. The summed E-state index contributed by atoms with van der Waals surface area (Å²) in [6, 6.07) is 7.32. The van der Waals surface area contributed by atoms with Crippen molar-refractivity contribution in [3.8, 4) is 5.75 Å². The van der Waals surface area contributed by atoms with Gasteiger partial charge in [-0.05, 0) is 17.7 Å². The molecule has 0 aliphatic heterocycles. The lowest BCUT2D eigenvalue weighted by Gasteiger charge is -1.96. The zero-order valence-electron chi connectivity index (χ0n) is 5.49. The second kappa shape index (κ2) is 1.87. The number of phenolic OH excluding ortho intramolecular Hbond substituents is 1. The minimum Gasteiger partial charge on any atom is -0.508 e. The molecule has 1 N–H and O–H groups in total. The van der Waals surface area contributed by atoms with Gasteiger partial charge in [0.25, 0.3) is 0 Å². The molecule has 0 aromatic heterocycles. The van der Waals surface area contributed by atoms with E-state index in [1.54, 1.807) is 12.1 Å². The van der Waals surface area contributed by atoms with E-state index in [2.05, 4.69) is 12.2 Å². The lowest BCUT2D eigenvalue weighted by atomic mass is 10.1. The van der Waals surface area contributed by atoms with Crippen LogP contribution in [0.5, 0.6) is 5.75 Å². The third kappa shape index (κ3) is 0.903. The molecular formula is C9H8O. The van der Waals surface area contributed by atoms with Crippen LogP contribution in [0, 0.1) is 0 Å². The molecule has 0 radical (unpaired) electrons. The first-order chi connectivity index (χ1) is 4.86. The van der Waals surface area contributed by atoms with E-state index in [0.717, 1.165) is 0 Å². The standard InChI is InChI=1S/C9H8O/c10-9-5-3-8(4-6-9)7-1-2-7/h1-7,10H. The molecule has 0 saturated carbocycles. The fourth-order valence-electron chi connectivity index (χ4n) is 0.974. The van der Waals surface area contributed by atoms with Gasteiger partial charge in [0.05, 0.1) is 0 Å². The van der Waals surface area contributed by atoms with Gasteiger partial charge in [-0.2, -0.15) is 0 Å². The van der Waals surface area contributed by atoms with Crippen molar-refractivity contribution in [2.24, 2.45) is 0 Å². The smallest absolute Gasteiger partial charge is 0.115 e. The summed E-state index contributed by atoms with van der Waals surface area (Å²) in [5, 5.41) is 8.94. The summed E-state index contributed by atoms with van der Waals surface area (Å²) >= 11 is 0. The highest BCUT2D eigenvalue weighted by Crippen LogP contribution is 2.30. The first-order valence-corrected chi connectivity index (χ1v) is 3.33. The molecule has 0 spiro atoms. The minimum absolute atomic E-state index is 0.337. The van der Waals surface area contributed by atoms with Gasteiger partial charge in [-0.3, -0.25) is 0 Å². The maximum atomic E-state index is 8.94. The van der Waals surface area contributed by atoms with Crippen LogP contribution in [0.1, 0.15) is 11.5 Å². The maximum Gasteiger partial charge on any atom is 0.115 e. The summed E-state index contributed by atoms with van der Waals surface area (Å²) in [6.07, 6.45) is 4.26. The van der Waals surface area contributed by atoms with Crippen molar-refractivity contribution < 1.29 is 5.11 Å². The molecule has 0 saturated heterocycles. The Bertz CT molecular complexity index is 253. The van der Waals surface area contributed by atoms with E-state index in [1.807, 2.05) is 12.1 Å². The Morgan fingerprint density at radius 2 is 1.60 bits per heavy atom. The zero-order chi connectivity index (χ0) is 6.97. The Hall–Kier alpha value is -1.24. The van der Waals surface area contributed by atoms with E-state index in [9.17, 15) is 0 Å². The van der Waals surface area contributed by atoms with Gasteiger partial charge >= 0.3 is 0 Å². The highest BCUT2D eigenvalue weighted by Gasteiger charge is 2.12. The van der Waals surface area contributed by atoms with Crippen LogP contribution in [-0.4, -0.2) is 5.11 Å². The van der Waals surface area contributed by atoms with E-state index in [-0.39, 0.29) is 0 Å². The van der Waals surface area contributed by atoms with Gasteiger partial charge in [-0.15, -0.1) is 0 Å². The second-order valence-corrected chi connectivity index (χ2v) is 2.50. The lowest BCUT2D eigenvalue weighted by molar-refractivity contribution is 0.475. The molecule has 1 aliphatic carbocycles. The summed E-state index contributed by atoms with van der Waals surface area (Å²) in [5.41, 5.74) is 1.26. The van der Waals surface area contributed by atoms with Crippen LogP contribution in [-0.2, 0) is 0 Å². The SMILES string of the molecule is Oc1ccc(C2C=C2)cc1. The van der Waals surface area contributed by atoms with E-state index < -0.39 is 0 Å². The number of allylic oxidation sites excluding steroid dienone is 2. The second-order valence-electron chi connectivity index (χ2n) is 2.50. The average molecular weight is 132 g/mol. The average Bonchev–Trinajstić information content (AvgIpc) is 2.71. The van der Waals surface area contributed by atoms with E-state index in [1.165, 1.54) is 5.56 Å². The van der Waals surface area contributed by atoms with E-state index in [4.69, 9.17) is 5.11 Å². The molecule has 0 heterocycles. The van der Waals surface area contributed by atoms with Crippen molar-refractivity contribution in [3.63, 3.8) is 0 Å². The highest BCUT2D eigenvalue weighted by atomic mass is 16.3. The largest absolute Gasteiger partial charge is 0.508 e. The number of phenols is 1. The van der Waals surface area contributed by atoms with Crippen molar-refractivity contribution in [2.45, 2.75) is 5.92 Å². The Kier molecular flexibility index (Phi) is 1.04. The third-order valence-electron chi connectivity index (χ3n) is 1.66. The van der Waals surface area contributed by atoms with Gasteiger partial charge in [0.2, 0.25) is 0 Å². The van der Waals surface area contributed by atoms with E-state index in [0.29, 0.717) is 11.7 Å². The molecular weight excluding hydrogens is 124 g/mol. The van der Waals surface area contributed by atoms with Crippen molar-refractivity contribution in [2.75, 3.05) is 0 Å². The van der Waals surface area contributed by atoms with Gasteiger partial charge in [0.15, 0.2) is 0 Å². The molecule has 1 aromatic rings. The molecule has 0 fully saturated rings. The molecule has 1 aliphatic rings. The van der Waals surface area contributed by atoms with Crippen LogP contribution in [0.3, 0.4) is 0 Å². The van der Waals surface area contributed by atoms with Crippen molar-refractivity contribution in [1.29, 1.82) is 0 Å². The van der Waals surface area contributed by atoms with Gasteiger partial charge in [-0.25, -0.2) is 0 Å². The first-order valence-electron chi connectivity index (χ1n) is 3.33. The molecule has 1 heteroatoms. The third-order valence-corrected chi connectivity index (χ3v) is 1.66. The maximum absolute atomic E-state index is 8.94. The van der Waals surface area contributed by atoms with Crippen LogP contribution in [0.25, 0.3) is 0 Å². The monoisotopic (exact) mass is 132 g/mol. The predicted molar refractivity (Wildman–Crippen MR) is 40.0 cm³/mol. The normalized spacial score (nSPS) is 15.6. The topological polar surface area (TPSA) is 20.2 Å². The Morgan fingerprint density at radius 1 is 1.00 bits per heavy atom. The lowest BCUT2D eigenvalue weighted by Crippen LogP contribution is -1.76. The molecule has 1 nitrogen and oxygen atoms in total. The molecule has 10 heavy (non-hydrogen) atoms. The first kappa shape index (κ1) is 5.54. The number of hydrogen-bond donors (Lipinski definition) is 1. The fourth-order valence-corrected chi connectivity index (χ4v) is 0.974. The molecule has 0 atom stereocenters. The van der Waals surface area contributed by atoms with Gasteiger partial charge in [-0.1, -0.05) is 24.3 Å². The van der Waals surface area contributed by atoms with Crippen molar-refractivity contribution in [3.05, 3.63) is 42.0 Å². The molecule has 0 bridgehead atoms. The minimum atomic E-state index is 0.337. The van der Waals surface area contributed by atoms with Crippen molar-refractivity contribution in [1.82, 2.24) is 0 Å². The van der Waals surface area contributed by atoms with Crippen LogP contribution in [0.4, 0.5) is 0 Å². The number of rotatable bonds is 1. The number of benzene rings is 1.